The summed E-state index contributed by atoms with van der Waals surface area (Å²) in [5.41, 5.74) is 2.84. The van der Waals surface area contributed by atoms with Gasteiger partial charge >= 0.3 is 0 Å². The van der Waals surface area contributed by atoms with Crippen LogP contribution < -0.4 is 10.1 Å². The molecular formula is C20H23NO2. The highest BCUT2D eigenvalue weighted by Crippen LogP contribution is 2.15. The van der Waals surface area contributed by atoms with E-state index >= 15 is 0 Å². The summed E-state index contributed by atoms with van der Waals surface area (Å²) >= 11 is 0. The van der Waals surface area contributed by atoms with E-state index in [2.05, 4.69) is 12.2 Å². The zero-order chi connectivity index (χ0) is 16.5. The molecule has 0 aliphatic rings. The summed E-state index contributed by atoms with van der Waals surface area (Å²) in [6, 6.07) is 15.5. The van der Waals surface area contributed by atoms with Crippen LogP contribution >= 0.6 is 0 Å². The summed E-state index contributed by atoms with van der Waals surface area (Å²) in [7, 11) is 0. The van der Waals surface area contributed by atoms with Crippen molar-refractivity contribution in [2.75, 3.05) is 11.9 Å². The molecule has 0 unspecified atom stereocenters. The van der Waals surface area contributed by atoms with Crippen molar-refractivity contribution in [2.45, 2.75) is 26.7 Å². The van der Waals surface area contributed by atoms with E-state index in [4.69, 9.17) is 4.74 Å². The highest BCUT2D eigenvalue weighted by Gasteiger charge is 2.00. The average molecular weight is 309 g/mol. The van der Waals surface area contributed by atoms with Crippen LogP contribution in [0.25, 0.3) is 6.08 Å². The Balaban J connectivity index is 1.89. The Kier molecular flexibility index (Phi) is 6.42. The minimum absolute atomic E-state index is 0.137. The molecule has 0 aliphatic carbocycles. The lowest BCUT2D eigenvalue weighted by Gasteiger charge is -2.06. The fraction of sp³-hybridized carbons (Fsp3) is 0.250. The van der Waals surface area contributed by atoms with Crippen LogP contribution in [0.2, 0.25) is 0 Å². The highest BCUT2D eigenvalue weighted by molar-refractivity contribution is 6.02. The minimum Gasteiger partial charge on any atom is -0.494 e. The predicted octanol–water partition coefficient (Wildman–Crippen LogP) is 4.83. The van der Waals surface area contributed by atoms with Crippen LogP contribution in [0.4, 0.5) is 5.69 Å². The second-order valence-corrected chi connectivity index (χ2v) is 5.41. The Morgan fingerprint density at radius 1 is 1.13 bits per heavy atom. The van der Waals surface area contributed by atoms with Gasteiger partial charge in [-0.05, 0) is 48.7 Å². The van der Waals surface area contributed by atoms with Crippen molar-refractivity contribution in [3.8, 4) is 5.75 Å². The smallest absolute Gasteiger partial charge is 0.248 e. The number of carbonyl (C=O) groups excluding carboxylic acids is 1. The summed E-state index contributed by atoms with van der Waals surface area (Å²) in [6.45, 7) is 4.85. The number of ether oxygens (including phenoxy) is 1. The third-order valence-electron chi connectivity index (χ3n) is 3.48. The molecule has 0 saturated carbocycles. The number of anilines is 1. The molecule has 3 nitrogen and oxygen atoms in total. The maximum absolute atomic E-state index is 12.0. The third kappa shape index (κ3) is 5.62. The summed E-state index contributed by atoms with van der Waals surface area (Å²) in [6.07, 6.45) is 5.51. The largest absolute Gasteiger partial charge is 0.494 e. The van der Waals surface area contributed by atoms with Gasteiger partial charge in [0.2, 0.25) is 5.91 Å². The van der Waals surface area contributed by atoms with Gasteiger partial charge in [-0.3, -0.25) is 4.79 Å². The van der Waals surface area contributed by atoms with Crippen molar-refractivity contribution in [2.24, 2.45) is 0 Å². The number of hydrogen-bond donors (Lipinski definition) is 1. The van der Waals surface area contributed by atoms with Gasteiger partial charge in [-0.2, -0.15) is 0 Å². The number of carbonyl (C=O) groups is 1. The molecule has 2 aromatic carbocycles. The van der Waals surface area contributed by atoms with Gasteiger partial charge in [-0.1, -0.05) is 43.7 Å². The van der Waals surface area contributed by atoms with Gasteiger partial charge in [0.1, 0.15) is 5.75 Å². The van der Waals surface area contributed by atoms with E-state index in [1.54, 1.807) is 12.2 Å². The van der Waals surface area contributed by atoms with Crippen LogP contribution in [0.1, 0.15) is 30.9 Å². The number of aryl methyl sites for hydroxylation is 1. The highest BCUT2D eigenvalue weighted by atomic mass is 16.5. The molecule has 0 saturated heterocycles. The normalized spacial score (nSPS) is 10.7. The molecule has 0 radical (unpaired) electrons. The van der Waals surface area contributed by atoms with E-state index in [-0.39, 0.29) is 5.91 Å². The number of unbranched alkanes of at least 4 members (excludes halogenated alkanes) is 1. The summed E-state index contributed by atoms with van der Waals surface area (Å²) in [5.74, 6) is 0.725. The number of amides is 1. The first-order valence-corrected chi connectivity index (χ1v) is 7.96. The second kappa shape index (κ2) is 8.79. The number of para-hydroxylation sites is 1. The molecule has 2 aromatic rings. The van der Waals surface area contributed by atoms with Crippen molar-refractivity contribution in [1.29, 1.82) is 0 Å². The molecule has 0 heterocycles. The fourth-order valence-electron chi connectivity index (χ4n) is 2.07. The Labute approximate surface area is 138 Å². The fourth-order valence-corrected chi connectivity index (χ4v) is 2.07. The molecule has 2 rings (SSSR count). The number of nitrogens with one attached hydrogen (secondary N) is 1. The minimum atomic E-state index is -0.137. The molecule has 0 bridgehead atoms. The van der Waals surface area contributed by atoms with E-state index in [1.807, 2.05) is 55.5 Å². The lowest BCUT2D eigenvalue weighted by atomic mass is 10.2. The quantitative estimate of drug-likeness (QED) is 0.588. The maximum Gasteiger partial charge on any atom is 0.248 e. The van der Waals surface area contributed by atoms with Crippen LogP contribution in [0, 0.1) is 6.92 Å². The van der Waals surface area contributed by atoms with Crippen molar-refractivity contribution in [3.63, 3.8) is 0 Å². The van der Waals surface area contributed by atoms with Gasteiger partial charge in [-0.15, -0.1) is 0 Å². The van der Waals surface area contributed by atoms with E-state index < -0.39 is 0 Å². The van der Waals surface area contributed by atoms with Gasteiger partial charge in [0.25, 0.3) is 0 Å². The number of hydrogen-bond acceptors (Lipinski definition) is 2. The first-order valence-electron chi connectivity index (χ1n) is 7.96. The molecule has 0 aromatic heterocycles. The summed E-state index contributed by atoms with van der Waals surface area (Å²) in [5, 5.41) is 2.88. The second-order valence-electron chi connectivity index (χ2n) is 5.41. The molecule has 120 valence electrons. The predicted molar refractivity (Wildman–Crippen MR) is 95.7 cm³/mol. The van der Waals surface area contributed by atoms with Gasteiger partial charge in [0, 0.05) is 11.8 Å². The lowest BCUT2D eigenvalue weighted by Crippen LogP contribution is -2.08. The van der Waals surface area contributed by atoms with Crippen molar-refractivity contribution >= 4 is 17.7 Å². The molecule has 0 spiro atoms. The number of benzene rings is 2. The third-order valence-corrected chi connectivity index (χ3v) is 3.48. The summed E-state index contributed by atoms with van der Waals surface area (Å²) in [4.78, 5) is 12.0. The molecule has 3 heteroatoms. The zero-order valence-electron chi connectivity index (χ0n) is 13.7. The first-order chi connectivity index (χ1) is 11.2. The lowest BCUT2D eigenvalue weighted by molar-refractivity contribution is -0.111. The molecule has 1 N–H and O–H groups in total. The van der Waals surface area contributed by atoms with Crippen molar-refractivity contribution in [3.05, 3.63) is 65.7 Å². The first kappa shape index (κ1) is 16.8. The van der Waals surface area contributed by atoms with Crippen LogP contribution in [0.15, 0.2) is 54.6 Å². The van der Waals surface area contributed by atoms with Gasteiger partial charge in [0.15, 0.2) is 0 Å². The van der Waals surface area contributed by atoms with Crippen molar-refractivity contribution < 1.29 is 9.53 Å². The van der Waals surface area contributed by atoms with Gasteiger partial charge in [0.05, 0.1) is 6.61 Å². The molecule has 0 fully saturated rings. The zero-order valence-corrected chi connectivity index (χ0v) is 13.7. The van der Waals surface area contributed by atoms with Crippen LogP contribution in [-0.4, -0.2) is 12.5 Å². The molecule has 23 heavy (non-hydrogen) atoms. The maximum atomic E-state index is 12.0. The van der Waals surface area contributed by atoms with E-state index in [9.17, 15) is 4.79 Å². The topological polar surface area (TPSA) is 38.3 Å². The Hall–Kier alpha value is -2.55. The van der Waals surface area contributed by atoms with Gasteiger partial charge < -0.3 is 10.1 Å². The average Bonchev–Trinajstić information content (AvgIpc) is 2.56. The summed E-state index contributed by atoms with van der Waals surface area (Å²) < 4.78 is 5.62. The van der Waals surface area contributed by atoms with Crippen LogP contribution in [0.5, 0.6) is 5.75 Å². The number of rotatable bonds is 7. The van der Waals surface area contributed by atoms with E-state index in [0.29, 0.717) is 0 Å². The van der Waals surface area contributed by atoms with E-state index in [0.717, 1.165) is 42.0 Å². The monoisotopic (exact) mass is 309 g/mol. The Morgan fingerprint density at radius 3 is 2.57 bits per heavy atom. The van der Waals surface area contributed by atoms with Crippen LogP contribution in [0.3, 0.4) is 0 Å². The molecule has 0 atom stereocenters. The Bertz CT molecular complexity index is 660. The van der Waals surface area contributed by atoms with E-state index in [1.165, 1.54) is 0 Å². The standard InChI is InChI=1S/C20H23NO2/c1-3-4-15-23-18-12-9-17(10-13-18)11-14-20(22)21-19-8-6-5-7-16(19)2/h5-14H,3-4,15H2,1-2H3,(H,21,22)/b14-11+. The van der Waals surface area contributed by atoms with Crippen molar-refractivity contribution in [1.82, 2.24) is 0 Å². The molecular weight excluding hydrogens is 286 g/mol. The SMILES string of the molecule is CCCCOc1ccc(/C=C/C(=O)Nc2ccccc2C)cc1. The van der Waals surface area contributed by atoms with Crippen LogP contribution in [-0.2, 0) is 4.79 Å². The van der Waals surface area contributed by atoms with Gasteiger partial charge in [-0.25, -0.2) is 0 Å². The Morgan fingerprint density at radius 2 is 1.87 bits per heavy atom. The molecule has 1 amide bonds. The molecule has 0 aliphatic heterocycles.